The second-order valence-corrected chi connectivity index (χ2v) is 6.17. The van der Waals surface area contributed by atoms with Gasteiger partial charge in [0.05, 0.1) is 18.8 Å². The lowest BCUT2D eigenvalue weighted by molar-refractivity contribution is 0.0471. The predicted octanol–water partition coefficient (Wildman–Crippen LogP) is 3.51. The first kappa shape index (κ1) is 18.6. The van der Waals surface area contributed by atoms with Gasteiger partial charge >= 0.3 is 12.1 Å². The SMILES string of the molecule is CCCOC(=O)c1cc2c(o1)c(NC(=O)c1ccsc1)nn2C(=O)OCC. The molecule has 0 fully saturated rings. The smallest absolute Gasteiger partial charge is 0.435 e. The number of nitrogens with zero attached hydrogens (tertiary/aromatic N) is 2. The number of amides is 1. The van der Waals surface area contributed by atoms with E-state index in [1.807, 2.05) is 6.92 Å². The quantitative estimate of drug-likeness (QED) is 0.640. The van der Waals surface area contributed by atoms with Gasteiger partial charge in [-0.2, -0.15) is 16.0 Å². The molecule has 0 spiro atoms. The van der Waals surface area contributed by atoms with Crippen molar-refractivity contribution in [3.05, 3.63) is 34.2 Å². The average molecular weight is 391 g/mol. The molecule has 10 heteroatoms. The van der Waals surface area contributed by atoms with Crippen LogP contribution in [-0.4, -0.2) is 41.0 Å². The average Bonchev–Trinajstić information content (AvgIpc) is 3.37. The summed E-state index contributed by atoms with van der Waals surface area (Å²) in [4.78, 5) is 36.5. The Bertz CT molecular complexity index is 973. The van der Waals surface area contributed by atoms with Crippen molar-refractivity contribution < 1.29 is 28.3 Å². The molecule has 0 unspecified atom stereocenters. The zero-order chi connectivity index (χ0) is 19.4. The number of carbonyl (C=O) groups excluding carboxylic acids is 3. The summed E-state index contributed by atoms with van der Waals surface area (Å²) in [6.07, 6.45) is -0.0994. The number of anilines is 1. The molecule has 27 heavy (non-hydrogen) atoms. The topological polar surface area (TPSA) is 113 Å². The molecule has 0 aliphatic heterocycles. The van der Waals surface area contributed by atoms with Crippen molar-refractivity contribution in [2.75, 3.05) is 18.5 Å². The Balaban J connectivity index is 1.98. The van der Waals surface area contributed by atoms with Crippen LogP contribution in [-0.2, 0) is 9.47 Å². The minimum atomic E-state index is -0.757. The third kappa shape index (κ3) is 3.85. The molecule has 3 aromatic rings. The van der Waals surface area contributed by atoms with Crippen molar-refractivity contribution in [1.29, 1.82) is 0 Å². The number of rotatable bonds is 6. The van der Waals surface area contributed by atoms with Gasteiger partial charge in [-0.05, 0) is 24.8 Å². The summed E-state index contributed by atoms with van der Waals surface area (Å²) in [5, 5.41) is 10.1. The Hall–Kier alpha value is -3.14. The highest BCUT2D eigenvalue weighted by molar-refractivity contribution is 7.08. The van der Waals surface area contributed by atoms with E-state index in [2.05, 4.69) is 10.4 Å². The molecule has 0 bridgehead atoms. The summed E-state index contributed by atoms with van der Waals surface area (Å²) >= 11 is 1.37. The number of hydrogen-bond acceptors (Lipinski definition) is 8. The molecule has 0 saturated heterocycles. The van der Waals surface area contributed by atoms with E-state index in [0.29, 0.717) is 12.0 Å². The summed E-state index contributed by atoms with van der Waals surface area (Å²) in [6, 6.07) is 2.98. The van der Waals surface area contributed by atoms with Crippen LogP contribution in [0, 0.1) is 0 Å². The lowest BCUT2D eigenvalue weighted by Gasteiger charge is -2.02. The molecule has 3 rings (SSSR count). The standard InChI is InChI=1S/C17H17N3O6S/c1-3-6-25-16(22)12-8-11-13(26-12)14(19-20(11)17(23)24-4-2)18-15(21)10-5-7-27-9-10/h5,7-9H,3-4,6H2,1-2H3,(H,18,19,21). The van der Waals surface area contributed by atoms with E-state index in [9.17, 15) is 14.4 Å². The maximum atomic E-state index is 12.3. The molecule has 0 aliphatic rings. The van der Waals surface area contributed by atoms with Crippen molar-refractivity contribution in [3.63, 3.8) is 0 Å². The van der Waals surface area contributed by atoms with Gasteiger partial charge in [0, 0.05) is 11.4 Å². The second-order valence-electron chi connectivity index (χ2n) is 5.39. The highest BCUT2D eigenvalue weighted by Gasteiger charge is 2.25. The molecule has 1 amide bonds. The summed E-state index contributed by atoms with van der Waals surface area (Å²) in [5.74, 6) is -1.18. The fraction of sp³-hybridized carbons (Fsp3) is 0.294. The van der Waals surface area contributed by atoms with Crippen molar-refractivity contribution in [2.24, 2.45) is 0 Å². The van der Waals surface area contributed by atoms with Crippen LogP contribution >= 0.6 is 11.3 Å². The van der Waals surface area contributed by atoms with E-state index >= 15 is 0 Å². The summed E-state index contributed by atoms with van der Waals surface area (Å²) < 4.78 is 16.4. The first-order valence-electron chi connectivity index (χ1n) is 8.25. The van der Waals surface area contributed by atoms with Crippen molar-refractivity contribution in [2.45, 2.75) is 20.3 Å². The van der Waals surface area contributed by atoms with Gasteiger partial charge in [0.15, 0.2) is 11.4 Å². The number of nitrogens with one attached hydrogen (secondary N) is 1. The largest absolute Gasteiger partial charge is 0.460 e. The lowest BCUT2D eigenvalue weighted by Crippen LogP contribution is -2.16. The van der Waals surface area contributed by atoms with Crippen LogP contribution in [0.3, 0.4) is 0 Å². The molecule has 0 saturated carbocycles. The van der Waals surface area contributed by atoms with Crippen LogP contribution in [0.15, 0.2) is 27.3 Å². The van der Waals surface area contributed by atoms with Gasteiger partial charge in [-0.15, -0.1) is 5.10 Å². The zero-order valence-corrected chi connectivity index (χ0v) is 15.5. The van der Waals surface area contributed by atoms with E-state index in [1.54, 1.807) is 23.8 Å². The van der Waals surface area contributed by atoms with Crippen LogP contribution in [0.4, 0.5) is 10.6 Å². The first-order chi connectivity index (χ1) is 13.0. The number of esters is 1. The van der Waals surface area contributed by atoms with Gasteiger partial charge in [-0.3, -0.25) is 4.79 Å². The van der Waals surface area contributed by atoms with E-state index in [1.165, 1.54) is 17.4 Å². The van der Waals surface area contributed by atoms with Crippen molar-refractivity contribution in [1.82, 2.24) is 9.78 Å². The fourth-order valence-corrected chi connectivity index (χ4v) is 2.89. The first-order valence-corrected chi connectivity index (χ1v) is 9.19. The minimum Gasteiger partial charge on any atom is -0.460 e. The van der Waals surface area contributed by atoms with Crippen LogP contribution in [0.5, 0.6) is 0 Å². The third-order valence-corrected chi connectivity index (χ3v) is 4.13. The predicted molar refractivity (Wildman–Crippen MR) is 97.3 cm³/mol. The second kappa shape index (κ2) is 8.04. The highest BCUT2D eigenvalue weighted by Crippen LogP contribution is 2.28. The minimum absolute atomic E-state index is 0.00351. The highest BCUT2D eigenvalue weighted by atomic mass is 32.1. The zero-order valence-electron chi connectivity index (χ0n) is 14.7. The molecule has 0 radical (unpaired) electrons. The Morgan fingerprint density at radius 1 is 1.30 bits per heavy atom. The Labute approximate surface area is 157 Å². The number of aromatic nitrogens is 2. The molecule has 3 heterocycles. The summed E-state index contributed by atoms with van der Waals surface area (Å²) in [5.41, 5.74) is 0.709. The molecule has 9 nitrogen and oxygen atoms in total. The molecule has 1 N–H and O–H groups in total. The van der Waals surface area contributed by atoms with Crippen LogP contribution in [0.2, 0.25) is 0 Å². The molecular weight excluding hydrogens is 374 g/mol. The molecule has 0 aromatic carbocycles. The van der Waals surface area contributed by atoms with Gasteiger partial charge in [0.25, 0.3) is 5.91 Å². The van der Waals surface area contributed by atoms with Crippen molar-refractivity contribution >= 4 is 46.2 Å². The molecule has 142 valence electrons. The van der Waals surface area contributed by atoms with E-state index in [0.717, 1.165) is 4.68 Å². The Morgan fingerprint density at radius 3 is 2.78 bits per heavy atom. The molecule has 3 aromatic heterocycles. The maximum Gasteiger partial charge on any atom is 0.435 e. The van der Waals surface area contributed by atoms with Gasteiger partial charge in [-0.25, -0.2) is 9.59 Å². The fourth-order valence-electron chi connectivity index (χ4n) is 2.25. The van der Waals surface area contributed by atoms with Crippen LogP contribution < -0.4 is 5.32 Å². The summed E-state index contributed by atoms with van der Waals surface area (Å²) in [6.45, 7) is 3.89. The monoisotopic (exact) mass is 391 g/mol. The molecule has 0 atom stereocenters. The van der Waals surface area contributed by atoms with Gasteiger partial charge in [-0.1, -0.05) is 6.92 Å². The molecular formula is C17H17N3O6S. The van der Waals surface area contributed by atoms with Gasteiger partial charge < -0.3 is 19.2 Å². The van der Waals surface area contributed by atoms with Gasteiger partial charge in [0.2, 0.25) is 5.76 Å². The number of ether oxygens (including phenoxy) is 2. The number of fused-ring (bicyclic) bond motifs is 1. The van der Waals surface area contributed by atoms with E-state index in [-0.39, 0.29) is 35.9 Å². The normalized spacial score (nSPS) is 10.7. The summed E-state index contributed by atoms with van der Waals surface area (Å²) in [7, 11) is 0. The van der Waals surface area contributed by atoms with Crippen LogP contribution in [0.25, 0.3) is 11.1 Å². The Kier molecular flexibility index (Phi) is 5.55. The lowest BCUT2D eigenvalue weighted by atomic mass is 10.3. The number of hydrogen-bond donors (Lipinski definition) is 1. The van der Waals surface area contributed by atoms with E-state index < -0.39 is 18.0 Å². The van der Waals surface area contributed by atoms with Crippen molar-refractivity contribution in [3.8, 4) is 0 Å². The number of thiophene rings is 1. The number of carbonyl (C=O) groups is 3. The van der Waals surface area contributed by atoms with Crippen LogP contribution in [0.1, 0.15) is 41.2 Å². The number of furan rings is 1. The molecule has 0 aliphatic carbocycles. The maximum absolute atomic E-state index is 12.3. The van der Waals surface area contributed by atoms with Gasteiger partial charge in [0.1, 0.15) is 5.52 Å². The van der Waals surface area contributed by atoms with E-state index in [4.69, 9.17) is 13.9 Å². The Morgan fingerprint density at radius 2 is 2.11 bits per heavy atom. The third-order valence-electron chi connectivity index (χ3n) is 3.45.